The number of aryl methyl sites for hydroxylation is 1. The average Bonchev–Trinajstić information content (AvgIpc) is 2.32. The second kappa shape index (κ2) is 7.89. The van der Waals surface area contributed by atoms with Gasteiger partial charge in [0.25, 0.3) is 0 Å². The summed E-state index contributed by atoms with van der Waals surface area (Å²) in [7, 11) is 0. The van der Waals surface area contributed by atoms with Gasteiger partial charge in [-0.3, -0.25) is 9.78 Å². The second-order valence-electron chi connectivity index (χ2n) is 5.41. The van der Waals surface area contributed by atoms with Crippen LogP contribution in [0.15, 0.2) is 24.5 Å². The Balaban J connectivity index is 2.01. The van der Waals surface area contributed by atoms with Crippen LogP contribution in [-0.4, -0.2) is 29.8 Å². The first-order valence-electron chi connectivity index (χ1n) is 6.66. The standard InChI is InChI=1S/C15H23NO3/c1-15(2,3)19-14(17)8-12-18-11-4-5-13-6-9-16-10-7-13/h6-7,9-10H,4-5,8,11-12H2,1-3H3. The third kappa shape index (κ3) is 8.32. The molecule has 0 N–H and O–H groups in total. The Bertz CT molecular complexity index is 371. The molecule has 0 aliphatic rings. The molecule has 1 aromatic rings. The lowest BCUT2D eigenvalue weighted by atomic mass is 10.1. The number of aromatic nitrogens is 1. The molecule has 0 fully saturated rings. The summed E-state index contributed by atoms with van der Waals surface area (Å²) in [6, 6.07) is 4.00. The molecular weight excluding hydrogens is 242 g/mol. The Labute approximate surface area is 115 Å². The van der Waals surface area contributed by atoms with Crippen molar-refractivity contribution in [1.82, 2.24) is 4.98 Å². The highest BCUT2D eigenvalue weighted by atomic mass is 16.6. The smallest absolute Gasteiger partial charge is 0.308 e. The molecule has 0 unspecified atom stereocenters. The molecule has 0 aliphatic heterocycles. The third-order valence-electron chi connectivity index (χ3n) is 2.37. The van der Waals surface area contributed by atoms with Crippen molar-refractivity contribution >= 4 is 5.97 Å². The van der Waals surface area contributed by atoms with Crippen LogP contribution in [0.5, 0.6) is 0 Å². The molecule has 4 nitrogen and oxygen atoms in total. The fraction of sp³-hybridized carbons (Fsp3) is 0.600. The molecule has 0 spiro atoms. The van der Waals surface area contributed by atoms with E-state index in [1.807, 2.05) is 32.9 Å². The summed E-state index contributed by atoms with van der Waals surface area (Å²) in [6.45, 7) is 6.66. The van der Waals surface area contributed by atoms with E-state index >= 15 is 0 Å². The minimum Gasteiger partial charge on any atom is -0.460 e. The molecule has 1 aromatic heterocycles. The van der Waals surface area contributed by atoms with E-state index in [2.05, 4.69) is 4.98 Å². The van der Waals surface area contributed by atoms with Gasteiger partial charge in [0.05, 0.1) is 13.0 Å². The molecule has 0 radical (unpaired) electrons. The Kier molecular flexibility index (Phi) is 6.50. The molecule has 0 aromatic carbocycles. The third-order valence-corrected chi connectivity index (χ3v) is 2.37. The lowest BCUT2D eigenvalue weighted by Gasteiger charge is -2.19. The number of rotatable bonds is 7. The van der Waals surface area contributed by atoms with Gasteiger partial charge in [0.15, 0.2) is 0 Å². The number of esters is 1. The molecule has 1 rings (SSSR count). The van der Waals surface area contributed by atoms with Crippen molar-refractivity contribution in [3.05, 3.63) is 30.1 Å². The van der Waals surface area contributed by atoms with Crippen molar-refractivity contribution in [3.8, 4) is 0 Å². The lowest BCUT2D eigenvalue weighted by molar-refractivity contribution is -0.156. The van der Waals surface area contributed by atoms with Crippen molar-refractivity contribution < 1.29 is 14.3 Å². The van der Waals surface area contributed by atoms with Gasteiger partial charge < -0.3 is 9.47 Å². The van der Waals surface area contributed by atoms with Crippen LogP contribution >= 0.6 is 0 Å². The lowest BCUT2D eigenvalue weighted by Crippen LogP contribution is -2.24. The van der Waals surface area contributed by atoms with Gasteiger partial charge in [-0.2, -0.15) is 0 Å². The molecule has 0 saturated carbocycles. The average molecular weight is 265 g/mol. The number of pyridine rings is 1. The van der Waals surface area contributed by atoms with E-state index in [1.54, 1.807) is 12.4 Å². The van der Waals surface area contributed by atoms with E-state index in [-0.39, 0.29) is 5.97 Å². The van der Waals surface area contributed by atoms with Crippen LogP contribution < -0.4 is 0 Å². The van der Waals surface area contributed by atoms with E-state index in [0.29, 0.717) is 19.6 Å². The van der Waals surface area contributed by atoms with Gasteiger partial charge in [0.1, 0.15) is 5.60 Å². The van der Waals surface area contributed by atoms with Gasteiger partial charge in [-0.15, -0.1) is 0 Å². The summed E-state index contributed by atoms with van der Waals surface area (Å²) in [4.78, 5) is 15.4. The van der Waals surface area contributed by atoms with Crippen molar-refractivity contribution in [1.29, 1.82) is 0 Å². The van der Waals surface area contributed by atoms with E-state index in [1.165, 1.54) is 5.56 Å². The molecule has 0 bridgehead atoms. The maximum atomic E-state index is 11.4. The van der Waals surface area contributed by atoms with Gasteiger partial charge >= 0.3 is 5.97 Å². The minimum atomic E-state index is -0.418. The van der Waals surface area contributed by atoms with Gasteiger partial charge in [-0.05, 0) is 51.3 Å². The molecule has 19 heavy (non-hydrogen) atoms. The van der Waals surface area contributed by atoms with Crippen LogP contribution in [0.1, 0.15) is 39.2 Å². The van der Waals surface area contributed by atoms with Crippen molar-refractivity contribution in [2.45, 2.75) is 45.6 Å². The van der Waals surface area contributed by atoms with E-state index in [0.717, 1.165) is 12.8 Å². The van der Waals surface area contributed by atoms with Gasteiger partial charge in [-0.25, -0.2) is 0 Å². The number of carbonyl (C=O) groups is 1. The number of nitrogens with zero attached hydrogens (tertiary/aromatic N) is 1. The summed E-state index contributed by atoms with van der Waals surface area (Å²) in [5.41, 5.74) is 0.837. The quantitative estimate of drug-likeness (QED) is 0.562. The SMILES string of the molecule is CC(C)(C)OC(=O)CCOCCCc1ccncc1. The van der Waals surface area contributed by atoms with Crippen molar-refractivity contribution in [2.24, 2.45) is 0 Å². The molecule has 106 valence electrons. The summed E-state index contributed by atoms with van der Waals surface area (Å²) in [5, 5.41) is 0. The zero-order valence-electron chi connectivity index (χ0n) is 12.0. The van der Waals surface area contributed by atoms with E-state index < -0.39 is 5.60 Å². The molecule has 1 heterocycles. The number of carbonyl (C=O) groups excluding carboxylic acids is 1. The second-order valence-corrected chi connectivity index (χ2v) is 5.41. The predicted molar refractivity (Wildman–Crippen MR) is 73.8 cm³/mol. The Morgan fingerprint density at radius 2 is 1.89 bits per heavy atom. The summed E-state index contributed by atoms with van der Waals surface area (Å²) >= 11 is 0. The zero-order chi connectivity index (χ0) is 14.1. The highest BCUT2D eigenvalue weighted by Crippen LogP contribution is 2.08. The largest absolute Gasteiger partial charge is 0.460 e. The van der Waals surface area contributed by atoms with Gasteiger partial charge in [0, 0.05) is 19.0 Å². The highest BCUT2D eigenvalue weighted by molar-refractivity contribution is 5.69. The van der Waals surface area contributed by atoms with Crippen LogP contribution in [0.2, 0.25) is 0 Å². The number of ether oxygens (including phenoxy) is 2. The van der Waals surface area contributed by atoms with Crippen LogP contribution in [0.25, 0.3) is 0 Å². The Hall–Kier alpha value is -1.42. The maximum absolute atomic E-state index is 11.4. The predicted octanol–water partition coefficient (Wildman–Crippen LogP) is 2.76. The monoisotopic (exact) mass is 265 g/mol. The molecule has 0 saturated heterocycles. The Morgan fingerprint density at radius 3 is 2.53 bits per heavy atom. The number of hydrogen-bond acceptors (Lipinski definition) is 4. The molecule has 0 aliphatic carbocycles. The topological polar surface area (TPSA) is 48.4 Å². The van der Waals surface area contributed by atoms with Gasteiger partial charge in [-0.1, -0.05) is 0 Å². The number of hydrogen-bond donors (Lipinski definition) is 0. The first-order chi connectivity index (χ1) is 8.97. The normalized spacial score (nSPS) is 11.3. The van der Waals surface area contributed by atoms with E-state index in [9.17, 15) is 4.79 Å². The van der Waals surface area contributed by atoms with Gasteiger partial charge in [0.2, 0.25) is 0 Å². The fourth-order valence-electron chi connectivity index (χ4n) is 1.58. The minimum absolute atomic E-state index is 0.207. The molecule has 0 amide bonds. The van der Waals surface area contributed by atoms with Crippen LogP contribution in [0.3, 0.4) is 0 Å². The maximum Gasteiger partial charge on any atom is 0.308 e. The summed E-state index contributed by atoms with van der Waals surface area (Å²) < 4.78 is 10.6. The van der Waals surface area contributed by atoms with Crippen molar-refractivity contribution in [2.75, 3.05) is 13.2 Å². The first kappa shape index (κ1) is 15.6. The zero-order valence-corrected chi connectivity index (χ0v) is 12.0. The molecular formula is C15H23NO3. The summed E-state index contributed by atoms with van der Waals surface area (Å²) in [6.07, 6.45) is 5.80. The molecule has 4 heteroatoms. The van der Waals surface area contributed by atoms with Crippen LogP contribution in [-0.2, 0) is 20.7 Å². The highest BCUT2D eigenvalue weighted by Gasteiger charge is 2.15. The molecule has 0 atom stereocenters. The summed E-state index contributed by atoms with van der Waals surface area (Å²) in [5.74, 6) is -0.207. The Morgan fingerprint density at radius 1 is 1.21 bits per heavy atom. The first-order valence-corrected chi connectivity index (χ1v) is 6.66. The van der Waals surface area contributed by atoms with Crippen LogP contribution in [0, 0.1) is 0 Å². The van der Waals surface area contributed by atoms with E-state index in [4.69, 9.17) is 9.47 Å². The van der Waals surface area contributed by atoms with Crippen LogP contribution in [0.4, 0.5) is 0 Å². The van der Waals surface area contributed by atoms with Crippen molar-refractivity contribution in [3.63, 3.8) is 0 Å². The fourth-order valence-corrected chi connectivity index (χ4v) is 1.58.